The van der Waals surface area contributed by atoms with Gasteiger partial charge in [0.1, 0.15) is 11.5 Å². The number of anilines is 1. The van der Waals surface area contributed by atoms with Gasteiger partial charge in [-0.05, 0) is 42.8 Å². The van der Waals surface area contributed by atoms with E-state index in [1.165, 1.54) is 0 Å². The number of hydrogen-bond acceptors (Lipinski definition) is 5. The van der Waals surface area contributed by atoms with Crippen LogP contribution in [-0.2, 0) is 10.0 Å². The summed E-state index contributed by atoms with van der Waals surface area (Å²) in [6.07, 6.45) is 3.55. The molecule has 164 valence electrons. The first-order chi connectivity index (χ1) is 15.4. The second-order valence-corrected chi connectivity index (χ2v) is 8.79. The lowest BCUT2D eigenvalue weighted by Gasteiger charge is -2.15. The molecule has 4 rings (SSSR count). The normalized spacial score (nSPS) is 11.2. The zero-order valence-corrected chi connectivity index (χ0v) is 18.8. The lowest BCUT2D eigenvalue weighted by molar-refractivity contribution is 0.413. The third kappa shape index (κ3) is 4.31. The van der Waals surface area contributed by atoms with Crippen molar-refractivity contribution in [3.05, 3.63) is 84.9 Å². The number of methoxy groups -OCH3 is 2. The molecule has 0 aliphatic carbocycles. The zero-order chi connectivity index (χ0) is 22.7. The van der Waals surface area contributed by atoms with E-state index < -0.39 is 10.0 Å². The highest BCUT2D eigenvalue weighted by Gasteiger charge is 2.20. The Labute approximate surface area is 187 Å². The van der Waals surface area contributed by atoms with E-state index in [1.807, 2.05) is 35.9 Å². The summed E-state index contributed by atoms with van der Waals surface area (Å²) in [6, 6.07) is 19.3. The molecule has 32 heavy (non-hydrogen) atoms. The van der Waals surface area contributed by atoms with Gasteiger partial charge in [0.25, 0.3) is 10.0 Å². The average Bonchev–Trinajstić information content (AvgIpc) is 3.24. The average molecular weight is 450 g/mol. The highest BCUT2D eigenvalue weighted by molar-refractivity contribution is 7.92. The van der Waals surface area contributed by atoms with Crippen molar-refractivity contribution in [2.24, 2.45) is 0 Å². The summed E-state index contributed by atoms with van der Waals surface area (Å²) in [7, 11) is -0.732. The molecule has 0 unspecified atom stereocenters. The summed E-state index contributed by atoms with van der Waals surface area (Å²) in [4.78, 5) is 4.41. The summed E-state index contributed by atoms with van der Waals surface area (Å²) < 4.78 is 41.8. The first kappa shape index (κ1) is 21.5. The summed E-state index contributed by atoms with van der Waals surface area (Å²) in [5.41, 5.74) is 3.39. The second kappa shape index (κ2) is 8.76. The van der Waals surface area contributed by atoms with Crippen LogP contribution < -0.4 is 14.2 Å². The maximum atomic E-state index is 13.3. The molecule has 0 atom stereocenters. The number of ether oxygens (including phenoxy) is 2. The molecule has 1 heterocycles. The molecule has 0 radical (unpaired) electrons. The molecule has 8 heteroatoms. The Morgan fingerprint density at radius 2 is 1.69 bits per heavy atom. The van der Waals surface area contributed by atoms with Gasteiger partial charge in [0.05, 0.1) is 42.5 Å². The first-order valence-corrected chi connectivity index (χ1v) is 11.3. The van der Waals surface area contributed by atoms with Crippen molar-refractivity contribution in [3.63, 3.8) is 0 Å². The maximum Gasteiger partial charge on any atom is 0.262 e. The van der Waals surface area contributed by atoms with Gasteiger partial charge >= 0.3 is 0 Å². The minimum Gasteiger partial charge on any atom is -0.497 e. The van der Waals surface area contributed by atoms with E-state index in [2.05, 4.69) is 9.71 Å². The minimum absolute atomic E-state index is 0.179. The fourth-order valence-electron chi connectivity index (χ4n) is 3.43. The molecule has 0 saturated carbocycles. The van der Waals surface area contributed by atoms with Gasteiger partial charge in [0.15, 0.2) is 0 Å². The molecule has 1 N–H and O–H groups in total. The van der Waals surface area contributed by atoms with Crippen molar-refractivity contribution in [1.82, 2.24) is 9.55 Å². The predicted molar refractivity (Wildman–Crippen MR) is 124 cm³/mol. The molecule has 0 spiro atoms. The Bertz CT molecular complexity index is 1350. The quantitative estimate of drug-likeness (QED) is 0.444. The molecule has 1 aromatic heterocycles. The molecule has 4 aromatic rings. The van der Waals surface area contributed by atoms with E-state index in [1.54, 1.807) is 69.1 Å². The summed E-state index contributed by atoms with van der Waals surface area (Å²) in [5.74, 6) is 1.22. The number of nitrogens with zero attached hydrogens (tertiary/aromatic N) is 2. The summed E-state index contributed by atoms with van der Waals surface area (Å²) >= 11 is 0. The Balaban J connectivity index is 1.68. The highest BCUT2D eigenvalue weighted by Crippen LogP contribution is 2.32. The zero-order valence-electron chi connectivity index (χ0n) is 17.9. The maximum absolute atomic E-state index is 13.3. The topological polar surface area (TPSA) is 82.5 Å². The lowest BCUT2D eigenvalue weighted by atomic mass is 10.1. The fourth-order valence-corrected chi connectivity index (χ4v) is 4.71. The Hall–Kier alpha value is -3.78. The molecule has 0 bridgehead atoms. The number of rotatable bonds is 7. The van der Waals surface area contributed by atoms with Gasteiger partial charge in [-0.1, -0.05) is 30.3 Å². The smallest absolute Gasteiger partial charge is 0.262 e. The third-order valence-corrected chi connectivity index (χ3v) is 6.44. The van der Waals surface area contributed by atoms with Gasteiger partial charge in [0.2, 0.25) is 0 Å². The van der Waals surface area contributed by atoms with Crippen LogP contribution in [0.25, 0.3) is 16.8 Å². The monoisotopic (exact) mass is 449 g/mol. The van der Waals surface area contributed by atoms with Gasteiger partial charge in [-0.2, -0.15) is 0 Å². The van der Waals surface area contributed by atoms with Crippen LogP contribution in [0.2, 0.25) is 0 Å². The van der Waals surface area contributed by atoms with Crippen LogP contribution in [0.4, 0.5) is 5.69 Å². The minimum atomic E-state index is -3.86. The third-order valence-electron chi connectivity index (χ3n) is 5.00. The lowest BCUT2D eigenvalue weighted by Crippen LogP contribution is -2.14. The van der Waals surface area contributed by atoms with Crippen molar-refractivity contribution in [2.45, 2.75) is 11.8 Å². The van der Waals surface area contributed by atoms with E-state index in [0.717, 1.165) is 16.9 Å². The van der Waals surface area contributed by atoms with Gasteiger partial charge in [-0.3, -0.25) is 4.72 Å². The first-order valence-electron chi connectivity index (χ1n) is 9.86. The molecular formula is C24H23N3O4S. The second-order valence-electron chi connectivity index (χ2n) is 7.14. The van der Waals surface area contributed by atoms with Gasteiger partial charge in [0, 0.05) is 17.8 Å². The largest absolute Gasteiger partial charge is 0.497 e. The SMILES string of the molecule is COc1ccc(-c2ccccc2S(=O)(=O)Nc2ccc(-n3cnc(C)c3)c(OC)c2)cc1. The van der Waals surface area contributed by atoms with Crippen molar-refractivity contribution < 1.29 is 17.9 Å². The number of imidazole rings is 1. The summed E-state index contributed by atoms with van der Waals surface area (Å²) in [5, 5.41) is 0. The van der Waals surface area contributed by atoms with Crippen LogP contribution in [0.1, 0.15) is 5.69 Å². The van der Waals surface area contributed by atoms with E-state index in [4.69, 9.17) is 9.47 Å². The Kier molecular flexibility index (Phi) is 5.87. The number of sulfonamides is 1. The molecule has 0 aliphatic heterocycles. The van der Waals surface area contributed by atoms with Crippen LogP contribution in [0.3, 0.4) is 0 Å². The number of benzene rings is 3. The van der Waals surface area contributed by atoms with E-state index in [9.17, 15) is 8.42 Å². The van der Waals surface area contributed by atoms with Gasteiger partial charge < -0.3 is 14.0 Å². The number of aromatic nitrogens is 2. The van der Waals surface area contributed by atoms with Crippen LogP contribution >= 0.6 is 0 Å². The number of aryl methyl sites for hydroxylation is 1. The Morgan fingerprint density at radius 1 is 0.938 bits per heavy atom. The molecule has 3 aromatic carbocycles. The molecule has 0 amide bonds. The Morgan fingerprint density at radius 3 is 2.34 bits per heavy atom. The molecule has 0 aliphatic rings. The standard InChI is InChI=1S/C24H23N3O4S/c1-17-15-27(16-25-17)22-13-10-19(14-23(22)31-3)26-32(28,29)24-7-5-4-6-21(24)18-8-11-20(30-2)12-9-18/h4-16,26H,1-3H3. The predicted octanol–water partition coefficient (Wildman–Crippen LogP) is 4.67. The fraction of sp³-hybridized carbons (Fsp3) is 0.125. The van der Waals surface area contributed by atoms with Crippen LogP contribution in [0, 0.1) is 6.92 Å². The molecule has 0 fully saturated rings. The van der Waals surface area contributed by atoms with Crippen LogP contribution in [0.5, 0.6) is 11.5 Å². The van der Waals surface area contributed by atoms with Crippen molar-refractivity contribution in [1.29, 1.82) is 0 Å². The number of hydrogen-bond donors (Lipinski definition) is 1. The molecular weight excluding hydrogens is 426 g/mol. The van der Waals surface area contributed by atoms with E-state index in [0.29, 0.717) is 22.7 Å². The van der Waals surface area contributed by atoms with Crippen molar-refractivity contribution >= 4 is 15.7 Å². The van der Waals surface area contributed by atoms with E-state index >= 15 is 0 Å². The van der Waals surface area contributed by atoms with Crippen molar-refractivity contribution in [2.75, 3.05) is 18.9 Å². The van der Waals surface area contributed by atoms with E-state index in [-0.39, 0.29) is 4.90 Å². The van der Waals surface area contributed by atoms with Crippen LogP contribution in [0.15, 0.2) is 84.1 Å². The van der Waals surface area contributed by atoms with Crippen molar-refractivity contribution in [3.8, 4) is 28.3 Å². The summed E-state index contributed by atoms with van der Waals surface area (Å²) in [6.45, 7) is 1.89. The molecule has 7 nitrogen and oxygen atoms in total. The molecule has 0 saturated heterocycles. The van der Waals surface area contributed by atoms with Gasteiger partial charge in [-0.25, -0.2) is 13.4 Å². The number of nitrogens with one attached hydrogen (secondary N) is 1. The van der Waals surface area contributed by atoms with Gasteiger partial charge in [-0.15, -0.1) is 0 Å². The van der Waals surface area contributed by atoms with Crippen LogP contribution in [-0.4, -0.2) is 32.2 Å². The highest BCUT2D eigenvalue weighted by atomic mass is 32.2.